The number of carbonyl (C=O) groups is 2. The standard InChI is InChI=1S/C16H22N2O2/c1-2-14(12-6-4-3-5-7-12)16(20)18-10-8-13(9-11-18)15(17)19/h3-7,13-14H,2,8-11H2,1H3,(H2,17,19)/t14-/m0/s1. The van der Waals surface area contributed by atoms with Crippen molar-refractivity contribution in [2.75, 3.05) is 13.1 Å². The molecule has 1 aromatic carbocycles. The maximum absolute atomic E-state index is 12.6. The second-order valence-corrected chi connectivity index (χ2v) is 5.37. The van der Waals surface area contributed by atoms with E-state index in [1.807, 2.05) is 42.2 Å². The van der Waals surface area contributed by atoms with E-state index in [9.17, 15) is 9.59 Å². The molecule has 1 atom stereocenters. The predicted octanol–water partition coefficient (Wildman–Crippen LogP) is 1.90. The van der Waals surface area contributed by atoms with Crippen LogP contribution in [0.2, 0.25) is 0 Å². The Kier molecular flexibility index (Phi) is 4.77. The van der Waals surface area contributed by atoms with Gasteiger partial charge < -0.3 is 10.6 Å². The minimum absolute atomic E-state index is 0.0733. The molecule has 1 heterocycles. The van der Waals surface area contributed by atoms with E-state index in [-0.39, 0.29) is 23.7 Å². The molecule has 0 unspecified atom stereocenters. The first kappa shape index (κ1) is 14.6. The first-order valence-electron chi connectivity index (χ1n) is 7.26. The van der Waals surface area contributed by atoms with E-state index in [1.165, 1.54) is 0 Å². The number of piperidine rings is 1. The number of nitrogens with zero attached hydrogens (tertiary/aromatic N) is 1. The number of rotatable bonds is 4. The van der Waals surface area contributed by atoms with Crippen LogP contribution in [0.5, 0.6) is 0 Å². The lowest BCUT2D eigenvalue weighted by molar-refractivity contribution is -0.136. The highest BCUT2D eigenvalue weighted by Gasteiger charge is 2.29. The van der Waals surface area contributed by atoms with E-state index in [0.717, 1.165) is 12.0 Å². The van der Waals surface area contributed by atoms with Crippen molar-refractivity contribution in [3.05, 3.63) is 35.9 Å². The molecule has 0 saturated carbocycles. The zero-order chi connectivity index (χ0) is 14.5. The molecule has 20 heavy (non-hydrogen) atoms. The Balaban J connectivity index is 2.02. The van der Waals surface area contributed by atoms with Crippen molar-refractivity contribution in [3.8, 4) is 0 Å². The summed E-state index contributed by atoms with van der Waals surface area (Å²) in [6.45, 7) is 3.30. The van der Waals surface area contributed by atoms with Crippen LogP contribution in [0.3, 0.4) is 0 Å². The lowest BCUT2D eigenvalue weighted by Gasteiger charge is -2.33. The molecule has 0 aliphatic carbocycles. The van der Waals surface area contributed by atoms with Gasteiger partial charge in [-0.2, -0.15) is 0 Å². The molecule has 2 amide bonds. The summed E-state index contributed by atoms with van der Waals surface area (Å²) >= 11 is 0. The number of amides is 2. The average molecular weight is 274 g/mol. The Labute approximate surface area is 119 Å². The van der Waals surface area contributed by atoms with Gasteiger partial charge in [0.05, 0.1) is 5.92 Å². The van der Waals surface area contributed by atoms with Crippen LogP contribution in [0.4, 0.5) is 0 Å². The fourth-order valence-electron chi connectivity index (χ4n) is 2.84. The molecule has 1 fully saturated rings. The summed E-state index contributed by atoms with van der Waals surface area (Å²) < 4.78 is 0. The lowest BCUT2D eigenvalue weighted by Crippen LogP contribution is -2.43. The zero-order valence-corrected chi connectivity index (χ0v) is 11.9. The maximum Gasteiger partial charge on any atom is 0.230 e. The second kappa shape index (κ2) is 6.55. The van der Waals surface area contributed by atoms with Gasteiger partial charge in [0.25, 0.3) is 0 Å². The molecule has 1 saturated heterocycles. The third-order valence-corrected chi connectivity index (χ3v) is 4.12. The third-order valence-electron chi connectivity index (χ3n) is 4.12. The van der Waals surface area contributed by atoms with E-state index in [2.05, 4.69) is 0 Å². The van der Waals surface area contributed by atoms with Gasteiger partial charge in [-0.15, -0.1) is 0 Å². The van der Waals surface area contributed by atoms with Gasteiger partial charge in [0.15, 0.2) is 0 Å². The van der Waals surface area contributed by atoms with Crippen molar-refractivity contribution in [3.63, 3.8) is 0 Å². The molecular weight excluding hydrogens is 252 g/mol. The Morgan fingerprint density at radius 1 is 1.25 bits per heavy atom. The zero-order valence-electron chi connectivity index (χ0n) is 11.9. The molecule has 0 aromatic heterocycles. The van der Waals surface area contributed by atoms with Gasteiger partial charge in [-0.05, 0) is 24.8 Å². The number of carbonyl (C=O) groups excluding carboxylic acids is 2. The van der Waals surface area contributed by atoms with Crippen LogP contribution in [-0.4, -0.2) is 29.8 Å². The fourth-order valence-corrected chi connectivity index (χ4v) is 2.84. The minimum atomic E-state index is -0.243. The number of hydrogen-bond donors (Lipinski definition) is 1. The molecule has 4 heteroatoms. The first-order valence-corrected chi connectivity index (χ1v) is 7.26. The van der Waals surface area contributed by atoms with E-state index >= 15 is 0 Å². The van der Waals surface area contributed by atoms with Gasteiger partial charge >= 0.3 is 0 Å². The summed E-state index contributed by atoms with van der Waals surface area (Å²) in [5.74, 6) is -0.231. The SMILES string of the molecule is CC[C@H](C(=O)N1CCC(C(N)=O)CC1)c1ccccc1. The summed E-state index contributed by atoms with van der Waals surface area (Å²) in [6.07, 6.45) is 2.16. The van der Waals surface area contributed by atoms with Crippen LogP contribution in [0.15, 0.2) is 30.3 Å². The van der Waals surface area contributed by atoms with Crippen LogP contribution in [0.25, 0.3) is 0 Å². The van der Waals surface area contributed by atoms with Crippen LogP contribution in [0.1, 0.15) is 37.7 Å². The number of primary amides is 1. The topological polar surface area (TPSA) is 63.4 Å². The second-order valence-electron chi connectivity index (χ2n) is 5.37. The van der Waals surface area contributed by atoms with Gasteiger partial charge in [0.2, 0.25) is 11.8 Å². The van der Waals surface area contributed by atoms with Crippen molar-refractivity contribution in [1.29, 1.82) is 0 Å². The van der Waals surface area contributed by atoms with Crippen LogP contribution in [0, 0.1) is 5.92 Å². The minimum Gasteiger partial charge on any atom is -0.369 e. The van der Waals surface area contributed by atoms with Gasteiger partial charge in [0.1, 0.15) is 0 Å². The third kappa shape index (κ3) is 3.18. The van der Waals surface area contributed by atoms with Gasteiger partial charge in [-0.1, -0.05) is 37.3 Å². The number of hydrogen-bond acceptors (Lipinski definition) is 2. The molecule has 1 aliphatic rings. The average Bonchev–Trinajstić information content (AvgIpc) is 2.49. The molecule has 4 nitrogen and oxygen atoms in total. The molecule has 2 rings (SSSR count). The molecule has 108 valence electrons. The Morgan fingerprint density at radius 2 is 1.85 bits per heavy atom. The Hall–Kier alpha value is -1.84. The lowest BCUT2D eigenvalue weighted by atomic mass is 9.92. The molecule has 2 N–H and O–H groups in total. The number of nitrogens with two attached hydrogens (primary N) is 1. The van der Waals surface area contributed by atoms with E-state index in [1.54, 1.807) is 0 Å². The summed E-state index contributed by atoms with van der Waals surface area (Å²) in [5, 5.41) is 0. The maximum atomic E-state index is 12.6. The monoisotopic (exact) mass is 274 g/mol. The summed E-state index contributed by atoms with van der Waals surface area (Å²) in [7, 11) is 0. The molecule has 0 radical (unpaired) electrons. The van der Waals surface area contributed by atoms with Crippen molar-refractivity contribution in [2.24, 2.45) is 11.7 Å². The van der Waals surface area contributed by atoms with Crippen LogP contribution in [-0.2, 0) is 9.59 Å². The van der Waals surface area contributed by atoms with Crippen LogP contribution >= 0.6 is 0 Å². The van der Waals surface area contributed by atoms with Crippen LogP contribution < -0.4 is 5.73 Å². The van der Waals surface area contributed by atoms with Crippen molar-refractivity contribution in [2.45, 2.75) is 32.1 Å². The first-order chi connectivity index (χ1) is 9.63. The predicted molar refractivity (Wildman–Crippen MR) is 78.0 cm³/mol. The smallest absolute Gasteiger partial charge is 0.230 e. The van der Waals surface area contributed by atoms with Gasteiger partial charge in [-0.3, -0.25) is 9.59 Å². The highest BCUT2D eigenvalue weighted by molar-refractivity contribution is 5.84. The Bertz CT molecular complexity index is 465. The normalized spacial score (nSPS) is 17.8. The number of benzene rings is 1. The van der Waals surface area contributed by atoms with E-state index in [4.69, 9.17) is 5.73 Å². The fraction of sp³-hybridized carbons (Fsp3) is 0.500. The van der Waals surface area contributed by atoms with Crippen molar-refractivity contribution < 1.29 is 9.59 Å². The highest BCUT2D eigenvalue weighted by atomic mass is 16.2. The summed E-state index contributed by atoms with van der Waals surface area (Å²) in [4.78, 5) is 25.7. The van der Waals surface area contributed by atoms with E-state index < -0.39 is 0 Å². The molecule has 0 spiro atoms. The Morgan fingerprint density at radius 3 is 2.35 bits per heavy atom. The molecular formula is C16H22N2O2. The van der Waals surface area contributed by atoms with Gasteiger partial charge in [0, 0.05) is 19.0 Å². The van der Waals surface area contributed by atoms with E-state index in [0.29, 0.717) is 25.9 Å². The molecule has 0 bridgehead atoms. The summed E-state index contributed by atoms with van der Waals surface area (Å²) in [6, 6.07) is 9.89. The summed E-state index contributed by atoms with van der Waals surface area (Å²) in [5.41, 5.74) is 6.39. The van der Waals surface area contributed by atoms with Crippen molar-refractivity contribution in [1.82, 2.24) is 4.90 Å². The molecule has 1 aromatic rings. The van der Waals surface area contributed by atoms with Crippen molar-refractivity contribution >= 4 is 11.8 Å². The highest BCUT2D eigenvalue weighted by Crippen LogP contribution is 2.25. The van der Waals surface area contributed by atoms with Gasteiger partial charge in [-0.25, -0.2) is 0 Å². The quantitative estimate of drug-likeness (QED) is 0.911. The molecule has 1 aliphatic heterocycles. The number of likely N-dealkylation sites (tertiary alicyclic amines) is 1. The largest absolute Gasteiger partial charge is 0.369 e.